The number of aromatic nitrogens is 2. The summed E-state index contributed by atoms with van der Waals surface area (Å²) in [6.45, 7) is 4.93. The predicted molar refractivity (Wildman–Crippen MR) is 79.4 cm³/mol. The van der Waals surface area contributed by atoms with Crippen molar-refractivity contribution in [3.8, 4) is 17.1 Å². The fourth-order valence-electron chi connectivity index (χ4n) is 2.34. The molecule has 1 aliphatic rings. The summed E-state index contributed by atoms with van der Waals surface area (Å²) in [6, 6.07) is 7.58. The van der Waals surface area contributed by atoms with Crippen molar-refractivity contribution in [3.63, 3.8) is 0 Å². The lowest BCUT2D eigenvalue weighted by Gasteiger charge is -2.15. The number of rotatable bonds is 3. The summed E-state index contributed by atoms with van der Waals surface area (Å²) in [7, 11) is 0. The molecule has 21 heavy (non-hydrogen) atoms. The van der Waals surface area contributed by atoms with Crippen LogP contribution in [0, 0.1) is 0 Å². The Bertz CT molecular complexity index is 690. The van der Waals surface area contributed by atoms with Crippen molar-refractivity contribution < 1.29 is 9.47 Å². The van der Waals surface area contributed by atoms with Gasteiger partial charge in [-0.2, -0.15) is 0 Å². The minimum atomic E-state index is -0.114. The molecule has 0 unspecified atom stereocenters. The van der Waals surface area contributed by atoms with E-state index >= 15 is 0 Å². The Morgan fingerprint density at radius 3 is 2.76 bits per heavy atom. The molecule has 2 heterocycles. The first-order chi connectivity index (χ1) is 10.1. The van der Waals surface area contributed by atoms with Gasteiger partial charge in [-0.05, 0) is 38.1 Å². The van der Waals surface area contributed by atoms with E-state index in [9.17, 15) is 4.79 Å². The Kier molecular flexibility index (Phi) is 3.75. The zero-order valence-corrected chi connectivity index (χ0v) is 12.2. The zero-order valence-electron chi connectivity index (χ0n) is 12.2. The van der Waals surface area contributed by atoms with Gasteiger partial charge < -0.3 is 14.5 Å². The third-order valence-corrected chi connectivity index (χ3v) is 3.33. The quantitative estimate of drug-likeness (QED) is 0.940. The van der Waals surface area contributed by atoms with Crippen LogP contribution < -0.4 is 10.3 Å². The highest BCUT2D eigenvalue weighted by Gasteiger charge is 2.16. The molecule has 0 fully saturated rings. The molecule has 2 aromatic rings. The van der Waals surface area contributed by atoms with Gasteiger partial charge >= 0.3 is 0 Å². The predicted octanol–water partition coefficient (Wildman–Crippen LogP) is 2.30. The number of H-pyrrole nitrogens is 1. The van der Waals surface area contributed by atoms with Crippen LogP contribution in [0.15, 0.2) is 29.1 Å². The van der Waals surface area contributed by atoms with Crippen LogP contribution in [0.4, 0.5) is 0 Å². The van der Waals surface area contributed by atoms with Crippen molar-refractivity contribution in [2.24, 2.45) is 0 Å². The van der Waals surface area contributed by atoms with Crippen LogP contribution in [0.2, 0.25) is 0 Å². The van der Waals surface area contributed by atoms with Crippen LogP contribution in [0.25, 0.3) is 11.4 Å². The van der Waals surface area contributed by atoms with Crippen molar-refractivity contribution in [1.82, 2.24) is 9.97 Å². The molecule has 3 rings (SSSR count). The summed E-state index contributed by atoms with van der Waals surface area (Å²) in [5, 5.41) is 0. The van der Waals surface area contributed by atoms with Crippen LogP contribution in [0.1, 0.15) is 25.1 Å². The second-order valence-electron chi connectivity index (χ2n) is 5.33. The summed E-state index contributed by atoms with van der Waals surface area (Å²) < 4.78 is 10.9. The average molecular weight is 286 g/mol. The normalized spacial score (nSPS) is 14.0. The molecule has 1 aliphatic heterocycles. The summed E-state index contributed by atoms with van der Waals surface area (Å²) in [5.74, 6) is 1.40. The van der Waals surface area contributed by atoms with Crippen molar-refractivity contribution in [2.75, 3.05) is 6.61 Å². The number of nitrogens with one attached hydrogen (secondary N) is 1. The van der Waals surface area contributed by atoms with Crippen molar-refractivity contribution in [1.29, 1.82) is 0 Å². The second kappa shape index (κ2) is 5.69. The molecule has 0 radical (unpaired) electrons. The van der Waals surface area contributed by atoms with Gasteiger partial charge in [-0.1, -0.05) is 0 Å². The molecule has 1 aromatic carbocycles. The molecule has 5 nitrogen and oxygen atoms in total. The number of benzene rings is 1. The Morgan fingerprint density at radius 2 is 2.05 bits per heavy atom. The van der Waals surface area contributed by atoms with Crippen LogP contribution in [0.3, 0.4) is 0 Å². The summed E-state index contributed by atoms with van der Waals surface area (Å²) >= 11 is 0. The molecule has 1 aromatic heterocycles. The van der Waals surface area contributed by atoms with E-state index in [1.165, 1.54) is 0 Å². The van der Waals surface area contributed by atoms with Gasteiger partial charge in [0, 0.05) is 12.0 Å². The molecule has 0 saturated heterocycles. The van der Waals surface area contributed by atoms with E-state index in [0.717, 1.165) is 17.0 Å². The van der Waals surface area contributed by atoms with E-state index in [1.807, 2.05) is 38.1 Å². The number of aromatic amines is 1. The third-order valence-electron chi connectivity index (χ3n) is 3.33. The van der Waals surface area contributed by atoms with Crippen LogP contribution in [-0.4, -0.2) is 22.7 Å². The van der Waals surface area contributed by atoms with Gasteiger partial charge in [-0.25, -0.2) is 4.98 Å². The lowest BCUT2D eigenvalue weighted by Crippen LogP contribution is -2.24. The van der Waals surface area contributed by atoms with E-state index in [1.54, 1.807) is 0 Å². The van der Waals surface area contributed by atoms with Gasteiger partial charge in [0.15, 0.2) is 0 Å². The van der Waals surface area contributed by atoms with Gasteiger partial charge in [-0.3, -0.25) is 4.79 Å². The van der Waals surface area contributed by atoms with E-state index in [-0.39, 0.29) is 11.7 Å². The third kappa shape index (κ3) is 2.97. The SMILES string of the molecule is CC(C)Oc1ccc(-c2nc3c(c(=O)[nH]2)COCC3)cc1. The molecular formula is C16H18N2O3. The lowest BCUT2D eigenvalue weighted by molar-refractivity contribution is 0.108. The highest BCUT2D eigenvalue weighted by molar-refractivity contribution is 5.56. The van der Waals surface area contributed by atoms with Crippen LogP contribution in [0.5, 0.6) is 5.75 Å². The van der Waals surface area contributed by atoms with Crippen molar-refractivity contribution in [3.05, 3.63) is 45.9 Å². The maximum Gasteiger partial charge on any atom is 0.256 e. The van der Waals surface area contributed by atoms with Gasteiger partial charge in [-0.15, -0.1) is 0 Å². The molecule has 110 valence electrons. The van der Waals surface area contributed by atoms with Gasteiger partial charge in [0.05, 0.1) is 30.6 Å². The van der Waals surface area contributed by atoms with Crippen molar-refractivity contribution >= 4 is 0 Å². The average Bonchev–Trinajstić information content (AvgIpc) is 2.47. The topological polar surface area (TPSA) is 64.2 Å². The molecule has 5 heteroatoms. The minimum Gasteiger partial charge on any atom is -0.491 e. The van der Waals surface area contributed by atoms with E-state index < -0.39 is 0 Å². The van der Waals surface area contributed by atoms with E-state index in [0.29, 0.717) is 31.0 Å². The number of ether oxygens (including phenoxy) is 2. The maximum absolute atomic E-state index is 12.1. The number of hydrogen-bond acceptors (Lipinski definition) is 4. The number of fused-ring (bicyclic) bond motifs is 1. The molecule has 0 atom stereocenters. The van der Waals surface area contributed by atoms with E-state index in [4.69, 9.17) is 9.47 Å². The zero-order chi connectivity index (χ0) is 14.8. The monoisotopic (exact) mass is 286 g/mol. The van der Waals surface area contributed by atoms with Gasteiger partial charge in [0.1, 0.15) is 11.6 Å². The highest BCUT2D eigenvalue weighted by Crippen LogP contribution is 2.21. The molecule has 0 aliphatic carbocycles. The fraction of sp³-hybridized carbons (Fsp3) is 0.375. The first-order valence-electron chi connectivity index (χ1n) is 7.10. The number of nitrogens with zero attached hydrogens (tertiary/aromatic N) is 1. The Morgan fingerprint density at radius 1 is 1.29 bits per heavy atom. The first-order valence-corrected chi connectivity index (χ1v) is 7.10. The molecule has 1 N–H and O–H groups in total. The smallest absolute Gasteiger partial charge is 0.256 e. The summed E-state index contributed by atoms with van der Waals surface area (Å²) in [4.78, 5) is 19.5. The minimum absolute atomic E-state index is 0.114. The lowest BCUT2D eigenvalue weighted by atomic mass is 10.1. The number of hydrogen-bond donors (Lipinski definition) is 1. The second-order valence-corrected chi connectivity index (χ2v) is 5.33. The molecule has 0 amide bonds. The molecular weight excluding hydrogens is 268 g/mol. The van der Waals surface area contributed by atoms with Crippen molar-refractivity contribution in [2.45, 2.75) is 33.0 Å². The molecule has 0 bridgehead atoms. The standard InChI is InChI=1S/C16H18N2O3/c1-10(2)21-12-5-3-11(4-6-12)15-17-14-7-8-20-9-13(14)16(19)18-15/h3-6,10H,7-9H2,1-2H3,(H,17,18,19). The Hall–Kier alpha value is -2.14. The maximum atomic E-state index is 12.1. The Labute approximate surface area is 123 Å². The summed E-state index contributed by atoms with van der Waals surface area (Å²) in [5.41, 5.74) is 2.24. The fourth-order valence-corrected chi connectivity index (χ4v) is 2.34. The van der Waals surface area contributed by atoms with Crippen LogP contribution in [-0.2, 0) is 17.8 Å². The van der Waals surface area contributed by atoms with Gasteiger partial charge in [0.2, 0.25) is 0 Å². The highest BCUT2D eigenvalue weighted by atomic mass is 16.5. The van der Waals surface area contributed by atoms with Crippen LogP contribution >= 0.6 is 0 Å². The van der Waals surface area contributed by atoms with Gasteiger partial charge in [0.25, 0.3) is 5.56 Å². The molecule has 0 spiro atoms. The van der Waals surface area contributed by atoms with E-state index in [2.05, 4.69) is 9.97 Å². The Balaban J connectivity index is 1.93. The largest absolute Gasteiger partial charge is 0.491 e. The first kappa shape index (κ1) is 13.8. The summed E-state index contributed by atoms with van der Waals surface area (Å²) in [6.07, 6.45) is 0.818. The molecule has 0 saturated carbocycles.